The fourth-order valence-electron chi connectivity index (χ4n) is 3.46. The quantitative estimate of drug-likeness (QED) is 0.259. The van der Waals surface area contributed by atoms with E-state index in [0.29, 0.717) is 27.6 Å². The van der Waals surface area contributed by atoms with E-state index in [2.05, 4.69) is 21.9 Å². The van der Waals surface area contributed by atoms with Crippen LogP contribution in [0.4, 0.5) is 0 Å². The highest BCUT2D eigenvalue weighted by Crippen LogP contribution is 2.28. The Bertz CT molecular complexity index is 1390. The lowest BCUT2D eigenvalue weighted by Gasteiger charge is -2.20. The molecular weight excluding hydrogens is 527 g/mol. The molecule has 0 fully saturated rings. The Kier molecular flexibility index (Phi) is 10.1. The molecule has 0 bridgehead atoms. The van der Waals surface area contributed by atoms with E-state index in [0.717, 1.165) is 5.56 Å². The van der Waals surface area contributed by atoms with Crippen molar-refractivity contribution in [2.24, 2.45) is 11.0 Å². The number of rotatable bonds is 10. The molecule has 0 saturated heterocycles. The van der Waals surface area contributed by atoms with Crippen LogP contribution < -0.4 is 20.2 Å². The minimum absolute atomic E-state index is 0.187. The molecule has 0 aliphatic rings. The van der Waals surface area contributed by atoms with Gasteiger partial charge in [0.05, 0.1) is 35.5 Å². The number of carbonyl (C=O) groups excluding carboxylic acids is 2. The second-order valence-corrected chi connectivity index (χ2v) is 9.37. The Morgan fingerprint density at radius 2 is 1.84 bits per heavy atom. The molecule has 3 aromatic carbocycles. The van der Waals surface area contributed by atoms with Gasteiger partial charge in [0.1, 0.15) is 12.6 Å². The van der Waals surface area contributed by atoms with Crippen LogP contribution in [0.1, 0.15) is 40.9 Å². The largest absolute Gasteiger partial charge is 0.493 e. The van der Waals surface area contributed by atoms with Gasteiger partial charge in [0.15, 0.2) is 11.5 Å². The minimum Gasteiger partial charge on any atom is -0.493 e. The number of benzene rings is 3. The van der Waals surface area contributed by atoms with Gasteiger partial charge in [-0.1, -0.05) is 55.2 Å². The van der Waals surface area contributed by atoms with Crippen molar-refractivity contribution in [1.29, 1.82) is 5.26 Å². The molecule has 0 aliphatic carbocycles. The van der Waals surface area contributed by atoms with E-state index >= 15 is 0 Å². The molecule has 0 saturated carbocycles. The number of hydrogen-bond acceptors (Lipinski definition) is 6. The van der Waals surface area contributed by atoms with E-state index in [4.69, 9.17) is 32.7 Å². The van der Waals surface area contributed by atoms with Gasteiger partial charge >= 0.3 is 0 Å². The molecule has 3 rings (SSSR count). The molecule has 10 heteroatoms. The molecule has 0 radical (unpaired) electrons. The van der Waals surface area contributed by atoms with Gasteiger partial charge in [-0.25, -0.2) is 5.43 Å². The van der Waals surface area contributed by atoms with E-state index in [9.17, 15) is 14.9 Å². The first-order valence-corrected chi connectivity index (χ1v) is 12.4. The summed E-state index contributed by atoms with van der Waals surface area (Å²) in [5, 5.41) is 16.6. The second-order valence-electron chi connectivity index (χ2n) is 8.52. The first-order valence-electron chi connectivity index (χ1n) is 11.6. The van der Waals surface area contributed by atoms with Gasteiger partial charge < -0.3 is 14.8 Å². The number of amides is 2. The van der Waals surface area contributed by atoms with Crippen LogP contribution in [0.25, 0.3) is 0 Å². The maximum atomic E-state index is 12.8. The van der Waals surface area contributed by atoms with Gasteiger partial charge in [-0.2, -0.15) is 10.4 Å². The topological polar surface area (TPSA) is 113 Å². The zero-order chi connectivity index (χ0) is 27.7. The molecule has 0 spiro atoms. The molecule has 0 aromatic heterocycles. The van der Waals surface area contributed by atoms with Crippen molar-refractivity contribution in [2.45, 2.75) is 26.5 Å². The summed E-state index contributed by atoms with van der Waals surface area (Å²) >= 11 is 12.0. The SMILES string of the molecule is COc1cc(/C=N/NC(=O)C(NC(=O)c2ccc(Cl)cc2Cl)C(C)C)ccc1OCc1ccccc1C#N. The standard InChI is InChI=1S/C28H26Cl2N4O4/c1-17(2)26(33-27(35)22-10-9-21(29)13-23(22)30)28(36)34-32-15-18-8-11-24(25(12-18)37-3)38-16-20-7-5-4-6-19(20)14-31/h4-13,15,17,26H,16H2,1-3H3,(H,33,35)(H,34,36)/b32-15+. The van der Waals surface area contributed by atoms with Crippen LogP contribution >= 0.6 is 23.2 Å². The molecule has 1 atom stereocenters. The van der Waals surface area contributed by atoms with E-state index in [-0.39, 0.29) is 23.1 Å². The summed E-state index contributed by atoms with van der Waals surface area (Å²) in [5.74, 6) is -0.255. The van der Waals surface area contributed by atoms with Gasteiger partial charge in [-0.05, 0) is 53.9 Å². The van der Waals surface area contributed by atoms with Crippen LogP contribution in [-0.4, -0.2) is 31.2 Å². The Morgan fingerprint density at radius 1 is 1.08 bits per heavy atom. The maximum absolute atomic E-state index is 12.8. The van der Waals surface area contributed by atoms with Crippen molar-refractivity contribution in [1.82, 2.24) is 10.7 Å². The second kappa shape index (κ2) is 13.5. The molecule has 1 unspecified atom stereocenters. The Balaban J connectivity index is 1.64. The van der Waals surface area contributed by atoms with Crippen molar-refractivity contribution in [3.05, 3.63) is 93.0 Å². The number of nitriles is 1. The summed E-state index contributed by atoms with van der Waals surface area (Å²) in [4.78, 5) is 25.4. The molecule has 0 aliphatic heterocycles. The number of hydrogen-bond donors (Lipinski definition) is 2. The highest BCUT2D eigenvalue weighted by Gasteiger charge is 2.25. The molecule has 2 amide bonds. The fourth-order valence-corrected chi connectivity index (χ4v) is 3.96. The summed E-state index contributed by atoms with van der Waals surface area (Å²) in [6, 6.07) is 18.1. The summed E-state index contributed by atoms with van der Waals surface area (Å²) in [6.07, 6.45) is 1.45. The van der Waals surface area contributed by atoms with Gasteiger partial charge in [0.2, 0.25) is 0 Å². The summed E-state index contributed by atoms with van der Waals surface area (Å²) in [7, 11) is 1.51. The minimum atomic E-state index is -0.854. The smallest absolute Gasteiger partial charge is 0.262 e. The Hall–Kier alpha value is -4.06. The Labute approximate surface area is 231 Å². The van der Waals surface area contributed by atoms with E-state index < -0.39 is 17.9 Å². The highest BCUT2D eigenvalue weighted by atomic mass is 35.5. The summed E-state index contributed by atoms with van der Waals surface area (Å²) in [6.45, 7) is 3.81. The van der Waals surface area contributed by atoms with Gasteiger partial charge in [-0.15, -0.1) is 0 Å². The molecule has 8 nitrogen and oxygen atoms in total. The van der Waals surface area contributed by atoms with Crippen LogP contribution in [0.2, 0.25) is 10.0 Å². The monoisotopic (exact) mass is 552 g/mol. The van der Waals surface area contributed by atoms with Gasteiger partial charge in [0, 0.05) is 10.6 Å². The number of halogens is 2. The van der Waals surface area contributed by atoms with Crippen LogP contribution in [0.5, 0.6) is 11.5 Å². The molecular formula is C28H26Cl2N4O4. The molecule has 3 aromatic rings. The predicted octanol–water partition coefficient (Wildman–Crippen LogP) is 5.36. The molecule has 38 heavy (non-hydrogen) atoms. The average Bonchev–Trinajstić information content (AvgIpc) is 2.90. The summed E-state index contributed by atoms with van der Waals surface area (Å²) < 4.78 is 11.3. The van der Waals surface area contributed by atoms with Crippen molar-refractivity contribution in [3.8, 4) is 17.6 Å². The van der Waals surface area contributed by atoms with Gasteiger partial charge in [-0.3, -0.25) is 9.59 Å². The molecule has 0 heterocycles. The van der Waals surface area contributed by atoms with E-state index in [1.165, 1.54) is 25.5 Å². The summed E-state index contributed by atoms with van der Waals surface area (Å²) in [5.41, 5.74) is 4.62. The number of nitrogens with one attached hydrogen (secondary N) is 2. The molecule has 2 N–H and O–H groups in total. The van der Waals surface area contributed by atoms with Crippen LogP contribution in [0.15, 0.2) is 65.8 Å². The van der Waals surface area contributed by atoms with Crippen molar-refractivity contribution in [2.75, 3.05) is 7.11 Å². The lowest BCUT2D eigenvalue weighted by molar-refractivity contribution is -0.123. The molecule has 196 valence electrons. The zero-order valence-electron chi connectivity index (χ0n) is 21.0. The van der Waals surface area contributed by atoms with Crippen LogP contribution in [0, 0.1) is 17.2 Å². The van der Waals surface area contributed by atoms with Crippen LogP contribution in [-0.2, 0) is 11.4 Å². The Morgan fingerprint density at radius 3 is 2.53 bits per heavy atom. The van der Waals surface area contributed by atoms with E-state index in [1.807, 2.05) is 12.1 Å². The van der Waals surface area contributed by atoms with Crippen molar-refractivity contribution < 1.29 is 19.1 Å². The normalized spacial score (nSPS) is 11.6. The van der Waals surface area contributed by atoms with Crippen molar-refractivity contribution >= 4 is 41.2 Å². The zero-order valence-corrected chi connectivity index (χ0v) is 22.5. The first kappa shape index (κ1) is 28.5. The lowest BCUT2D eigenvalue weighted by Crippen LogP contribution is -2.48. The average molecular weight is 553 g/mol. The highest BCUT2D eigenvalue weighted by molar-refractivity contribution is 6.36. The van der Waals surface area contributed by atoms with Crippen molar-refractivity contribution in [3.63, 3.8) is 0 Å². The first-order chi connectivity index (χ1) is 18.2. The van der Waals surface area contributed by atoms with Gasteiger partial charge in [0.25, 0.3) is 11.8 Å². The maximum Gasteiger partial charge on any atom is 0.262 e. The third kappa shape index (κ3) is 7.48. The predicted molar refractivity (Wildman–Crippen MR) is 147 cm³/mol. The number of hydrazone groups is 1. The van der Waals surface area contributed by atoms with Crippen LogP contribution in [0.3, 0.4) is 0 Å². The lowest BCUT2D eigenvalue weighted by atomic mass is 10.0. The third-order valence-electron chi connectivity index (χ3n) is 5.51. The number of methoxy groups -OCH3 is 1. The number of carbonyl (C=O) groups is 2. The van der Waals surface area contributed by atoms with E-state index in [1.54, 1.807) is 50.2 Å². The number of ether oxygens (including phenoxy) is 2. The number of nitrogens with zero attached hydrogens (tertiary/aromatic N) is 2. The third-order valence-corrected chi connectivity index (χ3v) is 6.06. The fraction of sp³-hybridized carbons (Fsp3) is 0.214.